The highest BCUT2D eigenvalue weighted by Gasteiger charge is 2.06. The molecule has 0 aliphatic rings. The summed E-state index contributed by atoms with van der Waals surface area (Å²) in [5.41, 5.74) is 0.533. The molecule has 0 aliphatic heterocycles. The second-order valence-electron chi connectivity index (χ2n) is 4.66. The number of nitrogens with zero attached hydrogens (tertiary/aromatic N) is 1. The van der Waals surface area contributed by atoms with Gasteiger partial charge in [-0.3, -0.25) is 9.78 Å². The monoisotopic (exact) mass is 267 g/mol. The molecule has 3 heteroatoms. The van der Waals surface area contributed by atoms with Gasteiger partial charge in [0.05, 0.1) is 5.02 Å². The fourth-order valence-electron chi connectivity index (χ4n) is 1.91. The number of hydrogen-bond donors (Lipinski definition) is 0. The zero-order valence-corrected chi connectivity index (χ0v) is 11.9. The zero-order chi connectivity index (χ0) is 13.2. The van der Waals surface area contributed by atoms with E-state index in [1.54, 1.807) is 12.1 Å². The Bertz CT molecular complexity index is 348. The van der Waals surface area contributed by atoms with Crippen molar-refractivity contribution >= 4 is 17.4 Å². The number of ketones is 1. The Morgan fingerprint density at radius 2 is 1.78 bits per heavy atom. The van der Waals surface area contributed by atoms with E-state index >= 15 is 0 Å². The van der Waals surface area contributed by atoms with E-state index in [0.29, 0.717) is 17.1 Å². The van der Waals surface area contributed by atoms with Crippen molar-refractivity contribution in [2.75, 3.05) is 0 Å². The molecule has 1 aromatic heterocycles. The highest BCUT2D eigenvalue weighted by molar-refractivity contribution is 6.30. The predicted octanol–water partition coefficient (Wildman–Crippen LogP) is 5.06. The van der Waals surface area contributed by atoms with Gasteiger partial charge in [-0.25, -0.2) is 0 Å². The van der Waals surface area contributed by atoms with Crippen molar-refractivity contribution in [2.45, 2.75) is 58.3 Å². The van der Waals surface area contributed by atoms with Crippen molar-refractivity contribution in [3.8, 4) is 0 Å². The minimum atomic E-state index is 0.125. The first-order valence-electron chi connectivity index (χ1n) is 6.88. The summed E-state index contributed by atoms with van der Waals surface area (Å²) in [5, 5.41) is 0.572. The van der Waals surface area contributed by atoms with Gasteiger partial charge in [-0.1, -0.05) is 57.0 Å². The van der Waals surface area contributed by atoms with Gasteiger partial charge in [-0.2, -0.15) is 0 Å². The minimum absolute atomic E-state index is 0.125. The molecule has 0 bridgehead atoms. The minimum Gasteiger partial charge on any atom is -0.292 e. The maximum Gasteiger partial charge on any atom is 0.181 e. The van der Waals surface area contributed by atoms with Crippen LogP contribution in [-0.2, 0) is 0 Å². The lowest BCUT2D eigenvalue weighted by Gasteiger charge is -2.01. The Kier molecular flexibility index (Phi) is 7.66. The number of pyridine rings is 1. The summed E-state index contributed by atoms with van der Waals surface area (Å²) in [6, 6.07) is 3.42. The lowest BCUT2D eigenvalue weighted by molar-refractivity contribution is 0.0974. The summed E-state index contributed by atoms with van der Waals surface area (Å²) in [4.78, 5) is 15.8. The number of rotatable bonds is 9. The summed E-state index contributed by atoms with van der Waals surface area (Å²) < 4.78 is 0. The fourth-order valence-corrected chi connectivity index (χ4v) is 2.02. The van der Waals surface area contributed by atoms with E-state index in [0.717, 1.165) is 12.8 Å². The first kappa shape index (κ1) is 15.2. The van der Waals surface area contributed by atoms with Crippen LogP contribution in [0.25, 0.3) is 0 Å². The standard InChI is InChI=1S/C15H22ClNO/c1-2-3-4-5-6-7-8-9-15(18)14-11-10-13(16)12-17-14/h10-12H,2-9H2,1H3. The lowest BCUT2D eigenvalue weighted by atomic mass is 10.1. The second-order valence-corrected chi connectivity index (χ2v) is 5.09. The van der Waals surface area contributed by atoms with Crippen LogP contribution >= 0.6 is 11.6 Å². The lowest BCUT2D eigenvalue weighted by Crippen LogP contribution is -2.01. The average molecular weight is 268 g/mol. The second kappa shape index (κ2) is 9.09. The number of carbonyl (C=O) groups is 1. The quantitative estimate of drug-likeness (QED) is 0.462. The maximum atomic E-state index is 11.8. The van der Waals surface area contributed by atoms with E-state index in [-0.39, 0.29) is 5.78 Å². The van der Waals surface area contributed by atoms with Crippen LogP contribution < -0.4 is 0 Å². The van der Waals surface area contributed by atoms with Crippen LogP contribution in [0.4, 0.5) is 0 Å². The molecule has 1 rings (SSSR count). The van der Waals surface area contributed by atoms with Gasteiger partial charge in [0.15, 0.2) is 5.78 Å². The van der Waals surface area contributed by atoms with Crippen LogP contribution in [-0.4, -0.2) is 10.8 Å². The van der Waals surface area contributed by atoms with Gasteiger partial charge in [-0.15, -0.1) is 0 Å². The number of aromatic nitrogens is 1. The molecule has 0 radical (unpaired) electrons. The topological polar surface area (TPSA) is 30.0 Å². The molecule has 0 aliphatic carbocycles. The largest absolute Gasteiger partial charge is 0.292 e. The Balaban J connectivity index is 2.12. The molecule has 0 saturated heterocycles. The van der Waals surface area contributed by atoms with Crippen LogP contribution in [0.5, 0.6) is 0 Å². The number of halogens is 1. The fraction of sp³-hybridized carbons (Fsp3) is 0.600. The average Bonchev–Trinajstić information content (AvgIpc) is 2.38. The van der Waals surface area contributed by atoms with Crippen molar-refractivity contribution in [2.24, 2.45) is 0 Å². The van der Waals surface area contributed by atoms with Crippen LogP contribution in [0.15, 0.2) is 18.3 Å². The summed E-state index contributed by atoms with van der Waals surface area (Å²) >= 11 is 5.73. The smallest absolute Gasteiger partial charge is 0.181 e. The number of unbranched alkanes of at least 4 members (excludes halogenated alkanes) is 6. The van der Waals surface area contributed by atoms with Crippen LogP contribution in [0.3, 0.4) is 0 Å². The van der Waals surface area contributed by atoms with Gasteiger partial charge in [0.1, 0.15) is 5.69 Å². The Morgan fingerprint density at radius 3 is 2.39 bits per heavy atom. The Hall–Kier alpha value is -0.890. The molecule has 1 heterocycles. The molecular weight excluding hydrogens is 246 g/mol. The molecule has 0 amide bonds. The van der Waals surface area contributed by atoms with Gasteiger partial charge in [0, 0.05) is 12.6 Å². The third kappa shape index (κ3) is 6.15. The Labute approximate surface area is 115 Å². The number of carbonyl (C=O) groups excluding carboxylic acids is 1. The molecular formula is C15H22ClNO. The molecule has 2 nitrogen and oxygen atoms in total. The first-order valence-corrected chi connectivity index (χ1v) is 7.26. The van der Waals surface area contributed by atoms with E-state index in [2.05, 4.69) is 11.9 Å². The van der Waals surface area contributed by atoms with Crippen molar-refractivity contribution in [3.63, 3.8) is 0 Å². The third-order valence-electron chi connectivity index (χ3n) is 3.02. The van der Waals surface area contributed by atoms with Crippen molar-refractivity contribution in [1.29, 1.82) is 0 Å². The van der Waals surface area contributed by atoms with Gasteiger partial charge >= 0.3 is 0 Å². The molecule has 100 valence electrons. The van der Waals surface area contributed by atoms with Crippen molar-refractivity contribution < 1.29 is 4.79 Å². The molecule has 0 fully saturated rings. The predicted molar refractivity (Wildman–Crippen MR) is 76.2 cm³/mol. The van der Waals surface area contributed by atoms with E-state index in [1.165, 1.54) is 38.3 Å². The number of Topliss-reactive ketones (excluding diaryl/α,β-unsaturated/α-hetero) is 1. The summed E-state index contributed by atoms with van der Waals surface area (Å²) in [7, 11) is 0. The van der Waals surface area contributed by atoms with E-state index in [9.17, 15) is 4.79 Å². The highest BCUT2D eigenvalue weighted by atomic mass is 35.5. The SMILES string of the molecule is CCCCCCCCCC(=O)c1ccc(Cl)cn1. The molecule has 0 N–H and O–H groups in total. The highest BCUT2D eigenvalue weighted by Crippen LogP contribution is 2.12. The summed E-state index contributed by atoms with van der Waals surface area (Å²) in [5.74, 6) is 0.125. The van der Waals surface area contributed by atoms with E-state index < -0.39 is 0 Å². The summed E-state index contributed by atoms with van der Waals surface area (Å²) in [6.45, 7) is 2.22. The number of hydrogen-bond acceptors (Lipinski definition) is 2. The zero-order valence-electron chi connectivity index (χ0n) is 11.1. The molecule has 0 saturated carbocycles. The van der Waals surface area contributed by atoms with Crippen molar-refractivity contribution in [3.05, 3.63) is 29.0 Å². The van der Waals surface area contributed by atoms with Crippen LogP contribution in [0.1, 0.15) is 68.8 Å². The molecule has 0 spiro atoms. The van der Waals surface area contributed by atoms with Crippen LogP contribution in [0.2, 0.25) is 5.02 Å². The normalized spacial score (nSPS) is 10.6. The van der Waals surface area contributed by atoms with Crippen LogP contribution in [0, 0.1) is 0 Å². The van der Waals surface area contributed by atoms with Crippen molar-refractivity contribution in [1.82, 2.24) is 4.98 Å². The summed E-state index contributed by atoms with van der Waals surface area (Å²) in [6.07, 6.45) is 10.7. The molecule has 0 aromatic carbocycles. The van der Waals surface area contributed by atoms with Gasteiger partial charge < -0.3 is 0 Å². The molecule has 0 unspecified atom stereocenters. The van der Waals surface area contributed by atoms with Gasteiger partial charge in [0.2, 0.25) is 0 Å². The first-order chi connectivity index (χ1) is 8.74. The van der Waals surface area contributed by atoms with E-state index in [1.807, 2.05) is 0 Å². The third-order valence-corrected chi connectivity index (χ3v) is 3.24. The molecule has 18 heavy (non-hydrogen) atoms. The van der Waals surface area contributed by atoms with E-state index in [4.69, 9.17) is 11.6 Å². The molecule has 0 atom stereocenters. The Morgan fingerprint density at radius 1 is 1.11 bits per heavy atom. The van der Waals surface area contributed by atoms with Gasteiger partial charge in [-0.05, 0) is 18.6 Å². The van der Waals surface area contributed by atoms with Gasteiger partial charge in [0.25, 0.3) is 0 Å². The maximum absolute atomic E-state index is 11.8. The molecule has 1 aromatic rings.